The van der Waals surface area contributed by atoms with Crippen LogP contribution in [0.5, 0.6) is 11.5 Å². The number of carboxylic acid groups (broad SMARTS) is 1. The number of carbonyl (C=O) groups excluding carboxylic acids is 1. The number of benzene rings is 1. The Morgan fingerprint density at radius 2 is 2.00 bits per heavy atom. The summed E-state index contributed by atoms with van der Waals surface area (Å²) in [5.74, 6) is -0.596. The van der Waals surface area contributed by atoms with Crippen molar-refractivity contribution in [3.63, 3.8) is 0 Å². The second-order valence-corrected chi connectivity index (χ2v) is 4.54. The van der Waals surface area contributed by atoms with E-state index in [1.54, 1.807) is 11.0 Å². The molecule has 2 rings (SSSR count). The standard InChI is InChI=1S/C14H17NO5/c1-19-10-4-5-11(14(17)18)12(8-10)20-9-13(16)15-6-2-3-7-15/h4-5,8H,2-3,6-7,9H2,1H3,(H,17,18). The molecule has 0 aliphatic carbocycles. The first-order chi connectivity index (χ1) is 9.61. The first kappa shape index (κ1) is 14.2. The van der Waals surface area contributed by atoms with Crippen LogP contribution in [0.2, 0.25) is 0 Å². The van der Waals surface area contributed by atoms with Gasteiger partial charge in [-0.15, -0.1) is 0 Å². The highest BCUT2D eigenvalue weighted by Gasteiger charge is 2.19. The number of hydrogen-bond donors (Lipinski definition) is 1. The van der Waals surface area contributed by atoms with Gasteiger partial charge < -0.3 is 19.5 Å². The monoisotopic (exact) mass is 279 g/mol. The number of likely N-dealkylation sites (tertiary alicyclic amines) is 1. The van der Waals surface area contributed by atoms with Gasteiger partial charge in [0.05, 0.1) is 7.11 Å². The van der Waals surface area contributed by atoms with Crippen LogP contribution in [0.3, 0.4) is 0 Å². The van der Waals surface area contributed by atoms with Crippen molar-refractivity contribution in [1.82, 2.24) is 4.90 Å². The number of hydrogen-bond acceptors (Lipinski definition) is 4. The lowest BCUT2D eigenvalue weighted by atomic mass is 10.2. The van der Waals surface area contributed by atoms with Crippen LogP contribution >= 0.6 is 0 Å². The molecular formula is C14H17NO5. The molecule has 1 aliphatic rings. The number of aromatic carboxylic acids is 1. The van der Waals surface area contributed by atoms with Gasteiger partial charge in [-0.05, 0) is 25.0 Å². The normalized spacial score (nSPS) is 14.2. The molecule has 1 fully saturated rings. The van der Waals surface area contributed by atoms with E-state index in [0.29, 0.717) is 5.75 Å². The molecule has 0 saturated carbocycles. The van der Waals surface area contributed by atoms with E-state index in [2.05, 4.69) is 0 Å². The first-order valence-electron chi connectivity index (χ1n) is 6.43. The highest BCUT2D eigenvalue weighted by atomic mass is 16.5. The summed E-state index contributed by atoms with van der Waals surface area (Å²) in [6.45, 7) is 1.33. The first-order valence-corrected chi connectivity index (χ1v) is 6.43. The molecule has 6 heteroatoms. The SMILES string of the molecule is COc1ccc(C(=O)O)c(OCC(=O)N2CCCC2)c1. The maximum Gasteiger partial charge on any atom is 0.339 e. The van der Waals surface area contributed by atoms with Crippen LogP contribution in [0.1, 0.15) is 23.2 Å². The van der Waals surface area contributed by atoms with Crippen molar-refractivity contribution in [3.05, 3.63) is 23.8 Å². The molecule has 1 aromatic rings. The molecule has 1 saturated heterocycles. The van der Waals surface area contributed by atoms with Gasteiger partial charge in [0, 0.05) is 19.2 Å². The van der Waals surface area contributed by atoms with Gasteiger partial charge in [0.2, 0.25) is 0 Å². The van der Waals surface area contributed by atoms with Crippen LogP contribution in [0, 0.1) is 0 Å². The minimum absolute atomic E-state index is 0.0139. The fourth-order valence-electron chi connectivity index (χ4n) is 2.12. The van der Waals surface area contributed by atoms with Crippen molar-refractivity contribution >= 4 is 11.9 Å². The summed E-state index contributed by atoms with van der Waals surface area (Å²) in [4.78, 5) is 24.7. The number of amides is 1. The largest absolute Gasteiger partial charge is 0.497 e. The number of methoxy groups -OCH3 is 1. The molecule has 1 heterocycles. The van der Waals surface area contributed by atoms with Crippen molar-refractivity contribution in [2.45, 2.75) is 12.8 Å². The lowest BCUT2D eigenvalue weighted by molar-refractivity contribution is -0.132. The molecule has 20 heavy (non-hydrogen) atoms. The van der Waals surface area contributed by atoms with E-state index >= 15 is 0 Å². The van der Waals surface area contributed by atoms with E-state index in [9.17, 15) is 9.59 Å². The van der Waals surface area contributed by atoms with Gasteiger partial charge in [-0.2, -0.15) is 0 Å². The van der Waals surface area contributed by atoms with Crippen LogP contribution in [-0.2, 0) is 4.79 Å². The van der Waals surface area contributed by atoms with Crippen molar-refractivity contribution in [3.8, 4) is 11.5 Å². The Bertz CT molecular complexity index is 508. The predicted octanol–water partition coefficient (Wildman–Crippen LogP) is 1.39. The second kappa shape index (κ2) is 6.27. The Balaban J connectivity index is 2.06. The van der Waals surface area contributed by atoms with Crippen LogP contribution in [0.25, 0.3) is 0 Å². The fraction of sp³-hybridized carbons (Fsp3) is 0.429. The van der Waals surface area contributed by atoms with E-state index < -0.39 is 5.97 Å². The molecule has 0 spiro atoms. The zero-order chi connectivity index (χ0) is 14.5. The summed E-state index contributed by atoms with van der Waals surface area (Å²) in [6, 6.07) is 4.41. The molecule has 0 bridgehead atoms. The number of rotatable bonds is 5. The van der Waals surface area contributed by atoms with Gasteiger partial charge in [0.15, 0.2) is 6.61 Å². The Hall–Kier alpha value is -2.24. The molecule has 1 aromatic carbocycles. The zero-order valence-corrected chi connectivity index (χ0v) is 11.3. The maximum absolute atomic E-state index is 11.9. The van der Waals surface area contributed by atoms with Crippen molar-refractivity contribution < 1.29 is 24.2 Å². The number of carboxylic acids is 1. The minimum Gasteiger partial charge on any atom is -0.497 e. The average Bonchev–Trinajstić information content (AvgIpc) is 2.98. The van der Waals surface area contributed by atoms with E-state index in [1.807, 2.05) is 0 Å². The molecular weight excluding hydrogens is 262 g/mol. The average molecular weight is 279 g/mol. The fourth-order valence-corrected chi connectivity index (χ4v) is 2.12. The molecule has 1 amide bonds. The third-order valence-electron chi connectivity index (χ3n) is 3.23. The van der Waals surface area contributed by atoms with E-state index in [-0.39, 0.29) is 23.8 Å². The molecule has 1 aliphatic heterocycles. The van der Waals surface area contributed by atoms with E-state index in [4.69, 9.17) is 14.6 Å². The van der Waals surface area contributed by atoms with Crippen molar-refractivity contribution in [2.75, 3.05) is 26.8 Å². The van der Waals surface area contributed by atoms with Crippen molar-refractivity contribution in [2.24, 2.45) is 0 Å². The Morgan fingerprint density at radius 1 is 1.30 bits per heavy atom. The van der Waals surface area contributed by atoms with Crippen LogP contribution < -0.4 is 9.47 Å². The molecule has 0 unspecified atom stereocenters. The lowest BCUT2D eigenvalue weighted by Gasteiger charge is -2.16. The molecule has 1 N–H and O–H groups in total. The quantitative estimate of drug-likeness (QED) is 0.881. The van der Waals surface area contributed by atoms with Crippen molar-refractivity contribution in [1.29, 1.82) is 0 Å². The topological polar surface area (TPSA) is 76.1 Å². The minimum atomic E-state index is -1.10. The van der Waals surface area contributed by atoms with E-state index in [1.165, 1.54) is 19.2 Å². The predicted molar refractivity (Wildman–Crippen MR) is 71.3 cm³/mol. The molecule has 0 atom stereocenters. The third-order valence-corrected chi connectivity index (χ3v) is 3.23. The number of ether oxygens (including phenoxy) is 2. The summed E-state index contributed by atoms with van der Waals surface area (Å²) < 4.78 is 10.4. The van der Waals surface area contributed by atoms with Gasteiger partial charge >= 0.3 is 5.97 Å². The Labute approximate surface area is 116 Å². The summed E-state index contributed by atoms with van der Waals surface area (Å²) in [7, 11) is 1.48. The van der Waals surface area contributed by atoms with Crippen LogP contribution in [-0.4, -0.2) is 48.7 Å². The van der Waals surface area contributed by atoms with Gasteiger partial charge in [-0.25, -0.2) is 4.79 Å². The van der Waals surface area contributed by atoms with Gasteiger partial charge in [-0.3, -0.25) is 4.79 Å². The summed E-state index contributed by atoms with van der Waals surface area (Å²) >= 11 is 0. The zero-order valence-electron chi connectivity index (χ0n) is 11.3. The third kappa shape index (κ3) is 3.20. The van der Waals surface area contributed by atoms with Crippen LogP contribution in [0.4, 0.5) is 0 Å². The molecule has 0 aromatic heterocycles. The van der Waals surface area contributed by atoms with Crippen LogP contribution in [0.15, 0.2) is 18.2 Å². The van der Waals surface area contributed by atoms with Gasteiger partial charge in [0.25, 0.3) is 5.91 Å². The Morgan fingerprint density at radius 3 is 2.60 bits per heavy atom. The highest BCUT2D eigenvalue weighted by Crippen LogP contribution is 2.25. The molecule has 0 radical (unpaired) electrons. The number of nitrogens with zero attached hydrogens (tertiary/aromatic N) is 1. The van der Waals surface area contributed by atoms with Gasteiger partial charge in [-0.1, -0.05) is 0 Å². The van der Waals surface area contributed by atoms with Gasteiger partial charge in [0.1, 0.15) is 17.1 Å². The summed E-state index contributed by atoms with van der Waals surface area (Å²) in [5.41, 5.74) is 0.0139. The summed E-state index contributed by atoms with van der Waals surface area (Å²) in [6.07, 6.45) is 2.01. The Kier molecular flexibility index (Phi) is 4.45. The summed E-state index contributed by atoms with van der Waals surface area (Å²) in [5, 5.41) is 9.09. The second-order valence-electron chi connectivity index (χ2n) is 4.54. The lowest BCUT2D eigenvalue weighted by Crippen LogP contribution is -2.32. The molecule has 108 valence electrons. The van der Waals surface area contributed by atoms with E-state index in [0.717, 1.165) is 25.9 Å². The number of carbonyl (C=O) groups is 2. The highest BCUT2D eigenvalue weighted by molar-refractivity contribution is 5.91. The maximum atomic E-state index is 11.9. The smallest absolute Gasteiger partial charge is 0.339 e. The molecule has 6 nitrogen and oxygen atoms in total.